The van der Waals surface area contributed by atoms with Crippen molar-refractivity contribution in [3.63, 3.8) is 0 Å². The SMILES string of the molecule is CCC#Cc1c(COC(C)=O)n(C)c(=O)n(C)c1=O. The third-order valence-corrected chi connectivity index (χ3v) is 2.59. The maximum absolute atomic E-state index is 12.0. The highest BCUT2D eigenvalue weighted by atomic mass is 16.5. The highest BCUT2D eigenvalue weighted by Gasteiger charge is 2.14. The van der Waals surface area contributed by atoms with Gasteiger partial charge in [-0.1, -0.05) is 18.8 Å². The van der Waals surface area contributed by atoms with E-state index < -0.39 is 17.2 Å². The summed E-state index contributed by atoms with van der Waals surface area (Å²) in [6.45, 7) is 2.96. The Kier molecular flexibility index (Phi) is 4.70. The average Bonchev–Trinajstić information content (AvgIpc) is 2.37. The Balaban J connectivity index is 3.52. The van der Waals surface area contributed by atoms with Crippen LogP contribution in [0.15, 0.2) is 9.59 Å². The van der Waals surface area contributed by atoms with Crippen LogP contribution in [0.3, 0.4) is 0 Å². The van der Waals surface area contributed by atoms with Crippen molar-refractivity contribution in [1.29, 1.82) is 0 Å². The van der Waals surface area contributed by atoms with Crippen molar-refractivity contribution in [2.75, 3.05) is 0 Å². The molecule has 19 heavy (non-hydrogen) atoms. The molecule has 0 aliphatic heterocycles. The molecule has 1 heterocycles. The summed E-state index contributed by atoms with van der Waals surface area (Å²) < 4.78 is 7.12. The van der Waals surface area contributed by atoms with Gasteiger partial charge < -0.3 is 4.74 Å². The van der Waals surface area contributed by atoms with Gasteiger partial charge in [0.05, 0.1) is 5.69 Å². The lowest BCUT2D eigenvalue weighted by Crippen LogP contribution is -2.40. The summed E-state index contributed by atoms with van der Waals surface area (Å²) in [5, 5.41) is 0. The fraction of sp³-hybridized carbons (Fsp3) is 0.462. The quantitative estimate of drug-likeness (QED) is 0.553. The van der Waals surface area contributed by atoms with Gasteiger partial charge in [-0.3, -0.25) is 18.7 Å². The Bertz CT molecular complexity index is 671. The van der Waals surface area contributed by atoms with E-state index in [2.05, 4.69) is 11.8 Å². The number of carbonyl (C=O) groups is 1. The molecule has 0 unspecified atom stereocenters. The molecule has 102 valence electrons. The van der Waals surface area contributed by atoms with Crippen LogP contribution >= 0.6 is 0 Å². The van der Waals surface area contributed by atoms with Crippen molar-refractivity contribution in [3.8, 4) is 11.8 Å². The highest BCUT2D eigenvalue weighted by molar-refractivity contribution is 5.65. The standard InChI is InChI=1S/C13H16N2O4/c1-5-6-7-10-11(8-19-9(2)16)14(3)13(18)15(4)12(10)17/h5,8H2,1-4H3. The van der Waals surface area contributed by atoms with Gasteiger partial charge in [0.1, 0.15) is 12.2 Å². The van der Waals surface area contributed by atoms with Gasteiger partial charge in [0.2, 0.25) is 0 Å². The largest absolute Gasteiger partial charge is 0.459 e. The molecule has 0 amide bonds. The van der Waals surface area contributed by atoms with Crippen LogP contribution in [-0.4, -0.2) is 15.1 Å². The number of rotatable bonds is 2. The molecule has 0 aliphatic carbocycles. The first-order valence-electron chi connectivity index (χ1n) is 5.81. The Morgan fingerprint density at radius 1 is 1.26 bits per heavy atom. The topological polar surface area (TPSA) is 70.3 Å². The molecular weight excluding hydrogens is 248 g/mol. The zero-order valence-corrected chi connectivity index (χ0v) is 11.4. The lowest BCUT2D eigenvalue weighted by molar-refractivity contribution is -0.142. The van der Waals surface area contributed by atoms with Crippen LogP contribution in [0.1, 0.15) is 31.5 Å². The van der Waals surface area contributed by atoms with Crippen molar-refractivity contribution in [2.45, 2.75) is 26.9 Å². The molecule has 1 aromatic rings. The average molecular weight is 264 g/mol. The Labute approximate surface area is 110 Å². The fourth-order valence-electron chi connectivity index (χ4n) is 1.53. The van der Waals surface area contributed by atoms with Crippen molar-refractivity contribution in [1.82, 2.24) is 9.13 Å². The van der Waals surface area contributed by atoms with Crippen molar-refractivity contribution >= 4 is 5.97 Å². The molecule has 0 saturated carbocycles. The lowest BCUT2D eigenvalue weighted by atomic mass is 10.2. The number of nitrogens with zero attached hydrogens (tertiary/aromatic N) is 2. The number of hydrogen-bond donors (Lipinski definition) is 0. The number of hydrogen-bond acceptors (Lipinski definition) is 4. The predicted molar refractivity (Wildman–Crippen MR) is 69.6 cm³/mol. The molecule has 0 fully saturated rings. The fourth-order valence-corrected chi connectivity index (χ4v) is 1.53. The Morgan fingerprint density at radius 3 is 2.42 bits per heavy atom. The summed E-state index contributed by atoms with van der Waals surface area (Å²) >= 11 is 0. The van der Waals surface area contributed by atoms with Crippen LogP contribution in [0.4, 0.5) is 0 Å². The van der Waals surface area contributed by atoms with E-state index in [1.54, 1.807) is 0 Å². The first-order valence-corrected chi connectivity index (χ1v) is 5.81. The zero-order valence-electron chi connectivity index (χ0n) is 11.4. The lowest BCUT2D eigenvalue weighted by Gasteiger charge is -2.11. The van der Waals surface area contributed by atoms with Crippen molar-refractivity contribution in [2.24, 2.45) is 14.1 Å². The molecule has 0 spiro atoms. The van der Waals surface area contributed by atoms with Crippen LogP contribution in [0.25, 0.3) is 0 Å². The number of carbonyl (C=O) groups excluding carboxylic acids is 1. The molecule has 0 aliphatic rings. The van der Waals surface area contributed by atoms with E-state index in [0.717, 1.165) is 4.57 Å². The van der Waals surface area contributed by atoms with Gasteiger partial charge in [0.25, 0.3) is 5.56 Å². The molecule has 0 aromatic carbocycles. The van der Waals surface area contributed by atoms with E-state index >= 15 is 0 Å². The minimum Gasteiger partial charge on any atom is -0.459 e. The number of esters is 1. The maximum Gasteiger partial charge on any atom is 0.330 e. The minimum absolute atomic E-state index is 0.148. The van der Waals surface area contributed by atoms with Crippen LogP contribution in [0, 0.1) is 11.8 Å². The minimum atomic E-state index is -0.484. The van der Waals surface area contributed by atoms with Crippen LogP contribution < -0.4 is 11.2 Å². The molecule has 6 heteroatoms. The first-order chi connectivity index (χ1) is 8.90. The summed E-state index contributed by atoms with van der Waals surface area (Å²) in [4.78, 5) is 34.7. The zero-order chi connectivity index (χ0) is 14.6. The molecule has 0 radical (unpaired) electrons. The third kappa shape index (κ3) is 3.13. The molecule has 1 aromatic heterocycles. The smallest absolute Gasteiger partial charge is 0.330 e. The number of ether oxygens (including phenoxy) is 1. The van der Waals surface area contributed by atoms with Gasteiger partial charge in [-0.05, 0) is 0 Å². The van der Waals surface area contributed by atoms with Gasteiger partial charge in [-0.15, -0.1) is 0 Å². The van der Waals surface area contributed by atoms with Crippen LogP contribution in [0.5, 0.6) is 0 Å². The summed E-state index contributed by atoms with van der Waals surface area (Å²) in [6.07, 6.45) is 0.582. The van der Waals surface area contributed by atoms with E-state index in [4.69, 9.17) is 4.74 Å². The summed E-state index contributed by atoms with van der Waals surface area (Å²) in [5.41, 5.74) is -0.461. The van der Waals surface area contributed by atoms with Gasteiger partial charge in [-0.25, -0.2) is 4.79 Å². The van der Waals surface area contributed by atoms with E-state index in [1.807, 2.05) is 6.92 Å². The number of aromatic nitrogens is 2. The Hall–Kier alpha value is -2.29. The third-order valence-electron chi connectivity index (χ3n) is 2.59. The summed E-state index contributed by atoms with van der Waals surface area (Å²) in [6, 6.07) is 0. The molecule has 6 nitrogen and oxygen atoms in total. The second-order valence-electron chi connectivity index (χ2n) is 3.96. The van der Waals surface area contributed by atoms with Gasteiger partial charge in [-0.2, -0.15) is 0 Å². The summed E-state index contributed by atoms with van der Waals surface area (Å²) in [7, 11) is 2.90. The van der Waals surface area contributed by atoms with Crippen molar-refractivity contribution in [3.05, 3.63) is 32.1 Å². The molecule has 0 saturated heterocycles. The second kappa shape index (κ2) is 6.05. The second-order valence-corrected chi connectivity index (χ2v) is 3.96. The van der Waals surface area contributed by atoms with Gasteiger partial charge in [0.15, 0.2) is 0 Å². The Morgan fingerprint density at radius 2 is 1.89 bits per heavy atom. The molecule has 0 N–H and O–H groups in total. The van der Waals surface area contributed by atoms with E-state index in [9.17, 15) is 14.4 Å². The van der Waals surface area contributed by atoms with Gasteiger partial charge >= 0.3 is 11.7 Å². The van der Waals surface area contributed by atoms with Crippen molar-refractivity contribution < 1.29 is 9.53 Å². The van der Waals surface area contributed by atoms with Crippen LogP contribution in [-0.2, 0) is 30.2 Å². The van der Waals surface area contributed by atoms with Gasteiger partial charge in [0, 0.05) is 27.4 Å². The van der Waals surface area contributed by atoms with E-state index in [0.29, 0.717) is 12.1 Å². The molecule has 0 atom stereocenters. The maximum atomic E-state index is 12.0. The predicted octanol–water partition coefficient (Wildman–Crippen LogP) is -0.0914. The first kappa shape index (κ1) is 14.8. The van der Waals surface area contributed by atoms with E-state index in [-0.39, 0.29) is 12.2 Å². The highest BCUT2D eigenvalue weighted by Crippen LogP contribution is 2.02. The molecule has 1 rings (SSSR count). The monoisotopic (exact) mass is 264 g/mol. The summed E-state index contributed by atoms with van der Waals surface area (Å²) in [5.74, 6) is 5.03. The van der Waals surface area contributed by atoms with Crippen LogP contribution in [0.2, 0.25) is 0 Å². The normalized spacial score (nSPS) is 9.68. The molecule has 0 bridgehead atoms. The molecular formula is C13H16N2O4. The van der Waals surface area contributed by atoms with E-state index in [1.165, 1.54) is 25.6 Å².